The van der Waals surface area contributed by atoms with Gasteiger partial charge in [0.1, 0.15) is 29.0 Å². The summed E-state index contributed by atoms with van der Waals surface area (Å²) in [4.78, 5) is 44.8. The first kappa shape index (κ1) is 23.3. The molecule has 2 saturated heterocycles. The monoisotopic (exact) mass is 516 g/mol. The van der Waals surface area contributed by atoms with E-state index in [-0.39, 0.29) is 29.3 Å². The van der Waals surface area contributed by atoms with Gasteiger partial charge in [0.05, 0.1) is 6.20 Å². The number of oxime groups is 1. The van der Waals surface area contributed by atoms with Gasteiger partial charge in [0.25, 0.3) is 5.91 Å². The molecule has 2 amide bonds. The Kier molecular flexibility index (Phi) is 7.27. The number of carboxylic acid groups (broad SMARTS) is 1. The third-order valence-electron chi connectivity index (χ3n) is 5.06. The molecule has 0 spiro atoms. The third-order valence-corrected chi connectivity index (χ3v) is 10.1. The number of aliphatic carboxylic acids is 1. The number of nitrogens with zero attached hydrogens (tertiary/aromatic N) is 4. The Hall–Kier alpha value is -1.84. The lowest BCUT2D eigenvalue weighted by molar-refractivity contribution is -0.157. The fourth-order valence-corrected chi connectivity index (χ4v) is 8.08. The van der Waals surface area contributed by atoms with Crippen molar-refractivity contribution < 1.29 is 24.3 Å². The largest absolute Gasteiger partial charge is 0.481 e. The van der Waals surface area contributed by atoms with Gasteiger partial charge in [-0.05, 0) is 5.41 Å². The quantitative estimate of drug-likeness (QED) is 0.194. The Morgan fingerprint density at radius 3 is 3.00 bits per heavy atom. The number of aromatic amines is 1. The van der Waals surface area contributed by atoms with Crippen molar-refractivity contribution >= 4 is 70.5 Å². The molecule has 3 atom stereocenters. The van der Waals surface area contributed by atoms with Crippen LogP contribution in [-0.2, 0) is 19.2 Å². The molecule has 0 saturated carbocycles. The van der Waals surface area contributed by atoms with E-state index in [0.717, 1.165) is 11.5 Å². The molecule has 32 heavy (non-hydrogen) atoms. The number of aromatic nitrogens is 3. The summed E-state index contributed by atoms with van der Waals surface area (Å²) in [5.41, 5.74) is -0.966. The molecule has 3 aliphatic heterocycles. The van der Waals surface area contributed by atoms with Crippen LogP contribution in [0.3, 0.4) is 0 Å². The summed E-state index contributed by atoms with van der Waals surface area (Å²) < 4.78 is 0. The van der Waals surface area contributed by atoms with Crippen molar-refractivity contribution in [2.75, 3.05) is 36.7 Å². The van der Waals surface area contributed by atoms with Gasteiger partial charge in [0.2, 0.25) is 5.91 Å². The fraction of sp³-hybridized carbons (Fsp3) is 0.529. The predicted molar refractivity (Wildman–Crippen MR) is 125 cm³/mol. The van der Waals surface area contributed by atoms with Gasteiger partial charge >= 0.3 is 5.97 Å². The Bertz CT molecular complexity index is 957. The molecule has 172 valence electrons. The molecule has 3 aliphatic rings. The first-order chi connectivity index (χ1) is 15.4. The van der Waals surface area contributed by atoms with Gasteiger partial charge in [0.15, 0.2) is 5.71 Å². The van der Waals surface area contributed by atoms with Crippen molar-refractivity contribution in [3.8, 4) is 0 Å². The van der Waals surface area contributed by atoms with Gasteiger partial charge in [-0.2, -0.15) is 0 Å². The van der Waals surface area contributed by atoms with Crippen molar-refractivity contribution in [1.82, 2.24) is 25.6 Å². The maximum absolute atomic E-state index is 12.8. The van der Waals surface area contributed by atoms with E-state index >= 15 is 0 Å². The van der Waals surface area contributed by atoms with Crippen LogP contribution >= 0.6 is 47.0 Å². The number of carboxylic acids is 1. The number of carbonyl (C=O) groups excluding carboxylic acids is 2. The summed E-state index contributed by atoms with van der Waals surface area (Å²) >= 11 is 5.77. The zero-order chi connectivity index (χ0) is 22.7. The summed E-state index contributed by atoms with van der Waals surface area (Å²) in [5, 5.41) is 28.7. The number of hydrogen-bond donors (Lipinski definition) is 3. The topological polar surface area (TPSA) is 150 Å². The molecule has 11 nitrogen and oxygen atoms in total. The molecule has 1 aromatic rings. The number of nitrogens with one attached hydrogen (secondary N) is 2. The van der Waals surface area contributed by atoms with E-state index in [1.807, 2.05) is 5.41 Å². The molecule has 3 N–H and O–H groups in total. The van der Waals surface area contributed by atoms with Gasteiger partial charge in [-0.15, -0.1) is 52.1 Å². The minimum absolute atomic E-state index is 0.0798. The maximum atomic E-state index is 12.8. The van der Waals surface area contributed by atoms with Crippen LogP contribution in [0, 0.1) is 5.41 Å². The van der Waals surface area contributed by atoms with Crippen molar-refractivity contribution in [2.45, 2.75) is 16.4 Å². The van der Waals surface area contributed by atoms with E-state index in [0.29, 0.717) is 15.7 Å². The smallest absolute Gasteiger partial charge is 0.313 e. The molecule has 0 aromatic carbocycles. The number of amides is 2. The number of hydrogen-bond acceptors (Lipinski definition) is 11. The lowest BCUT2D eigenvalue weighted by atomic mass is 9.89. The summed E-state index contributed by atoms with van der Waals surface area (Å²) in [6.07, 6.45) is 1.52. The predicted octanol–water partition coefficient (Wildman–Crippen LogP) is 0.691. The average molecular weight is 517 g/mol. The van der Waals surface area contributed by atoms with Crippen LogP contribution in [0.25, 0.3) is 0 Å². The number of fused-ring (bicyclic) bond motifs is 1. The maximum Gasteiger partial charge on any atom is 0.313 e. The zero-order valence-corrected chi connectivity index (χ0v) is 20.1. The molecule has 1 aromatic heterocycles. The van der Waals surface area contributed by atoms with E-state index in [9.17, 15) is 19.5 Å². The van der Waals surface area contributed by atoms with Gasteiger partial charge in [-0.3, -0.25) is 19.5 Å². The fourth-order valence-electron chi connectivity index (χ4n) is 3.37. The number of thioether (sulfide) groups is 4. The van der Waals surface area contributed by atoms with Crippen LogP contribution < -0.4 is 5.32 Å². The van der Waals surface area contributed by atoms with E-state index in [4.69, 9.17) is 4.84 Å². The van der Waals surface area contributed by atoms with Gasteiger partial charge in [-0.1, -0.05) is 10.4 Å². The van der Waals surface area contributed by atoms with Crippen molar-refractivity contribution in [3.05, 3.63) is 16.5 Å². The van der Waals surface area contributed by atoms with E-state index in [1.165, 1.54) is 53.5 Å². The van der Waals surface area contributed by atoms with Crippen LogP contribution in [0.2, 0.25) is 0 Å². The second-order valence-electron chi connectivity index (χ2n) is 7.14. The molecular weight excluding hydrogens is 496 g/mol. The van der Waals surface area contributed by atoms with Gasteiger partial charge in [-0.25, -0.2) is 0 Å². The molecule has 0 radical (unpaired) electrons. The highest BCUT2D eigenvalue weighted by Crippen LogP contribution is 2.44. The van der Waals surface area contributed by atoms with Gasteiger partial charge in [0, 0.05) is 34.5 Å². The highest BCUT2D eigenvalue weighted by Gasteiger charge is 2.57. The Labute approximate surface area is 200 Å². The molecule has 0 bridgehead atoms. The number of H-pyrrole nitrogens is 1. The van der Waals surface area contributed by atoms with Gasteiger partial charge < -0.3 is 20.2 Å². The number of β-lactam (4-membered cyclic amide) rings is 1. The first-order valence-electron chi connectivity index (χ1n) is 9.46. The van der Waals surface area contributed by atoms with E-state index in [1.54, 1.807) is 11.8 Å². The standard InChI is InChI=1S/C17H20N6O5S4/c1-28-21-11(9-5-29-2-3-30-9)13(24)19-12-14(25)23-6-17(16(26)27,8-32-15(12)23)7-31-10-4-18-22-20-10/h4-5,12,15H,2-3,6-8H2,1H3,(H,19,24)(H,26,27)(H,18,20,22)/t12?,15-,17?/m1/s1. The molecule has 4 rings (SSSR count). The van der Waals surface area contributed by atoms with Crippen LogP contribution in [0.15, 0.2) is 26.7 Å². The Balaban J connectivity index is 1.41. The second-order valence-corrected chi connectivity index (χ2v) is 11.4. The lowest BCUT2D eigenvalue weighted by Crippen LogP contribution is -2.74. The van der Waals surface area contributed by atoms with Crippen LogP contribution in [0.4, 0.5) is 0 Å². The first-order valence-corrected chi connectivity index (χ1v) is 13.5. The van der Waals surface area contributed by atoms with Crippen LogP contribution in [0.1, 0.15) is 0 Å². The minimum atomic E-state index is -1.11. The molecule has 2 fully saturated rings. The normalized spacial score (nSPS) is 27.8. The molecule has 15 heteroatoms. The van der Waals surface area contributed by atoms with Crippen molar-refractivity contribution in [2.24, 2.45) is 10.6 Å². The molecule has 4 heterocycles. The van der Waals surface area contributed by atoms with Crippen molar-refractivity contribution in [1.29, 1.82) is 0 Å². The highest BCUT2D eigenvalue weighted by molar-refractivity contribution is 8.10. The Morgan fingerprint density at radius 1 is 1.50 bits per heavy atom. The third kappa shape index (κ3) is 4.61. The number of carbonyl (C=O) groups is 3. The lowest BCUT2D eigenvalue weighted by Gasteiger charge is -2.53. The SMILES string of the molecule is CON=C(C(=O)NC1C(=O)N2CC(CSc3cnn[nH]3)(C(=O)O)CS[C@H]12)C1=CSCCS1. The van der Waals surface area contributed by atoms with E-state index < -0.39 is 23.3 Å². The highest BCUT2D eigenvalue weighted by atomic mass is 32.2. The molecule has 0 aliphatic carbocycles. The van der Waals surface area contributed by atoms with E-state index in [2.05, 4.69) is 25.9 Å². The average Bonchev–Trinajstić information content (AvgIpc) is 3.33. The molecule has 2 unspecified atom stereocenters. The summed E-state index contributed by atoms with van der Waals surface area (Å²) in [6.45, 7) is 0.0798. The van der Waals surface area contributed by atoms with Crippen LogP contribution in [0.5, 0.6) is 0 Å². The number of rotatable bonds is 8. The van der Waals surface area contributed by atoms with Crippen LogP contribution in [-0.4, -0.2) is 97.0 Å². The second kappa shape index (κ2) is 9.97. The summed E-state index contributed by atoms with van der Waals surface area (Å²) in [7, 11) is 1.37. The summed E-state index contributed by atoms with van der Waals surface area (Å²) in [6, 6.07) is -0.729. The molecular formula is C17H20N6O5S4. The zero-order valence-electron chi connectivity index (χ0n) is 16.8. The van der Waals surface area contributed by atoms with Crippen molar-refractivity contribution in [3.63, 3.8) is 0 Å². The minimum Gasteiger partial charge on any atom is -0.481 e. The summed E-state index contributed by atoms with van der Waals surface area (Å²) in [5.74, 6) is 0.636. The Morgan fingerprint density at radius 2 is 2.34 bits per heavy atom.